The monoisotopic (exact) mass is 296 g/mol. The van der Waals surface area contributed by atoms with Crippen LogP contribution in [0.3, 0.4) is 0 Å². The Hall–Kier alpha value is -0.610. The first kappa shape index (κ1) is 15.8. The fourth-order valence-electron chi connectivity index (χ4n) is 2.91. The Morgan fingerprint density at radius 3 is 2.70 bits per heavy atom. The SMILES string of the molecule is CNC(CCN1CCC(O)C(C)C1)c1ccc(Cl)cc1. The van der Waals surface area contributed by atoms with Crippen LogP contribution >= 0.6 is 11.6 Å². The number of halogens is 1. The minimum absolute atomic E-state index is 0.123. The number of likely N-dealkylation sites (tertiary alicyclic amines) is 1. The van der Waals surface area contributed by atoms with Crippen LogP contribution in [0.2, 0.25) is 5.02 Å². The van der Waals surface area contributed by atoms with Crippen LogP contribution in [-0.4, -0.2) is 42.8 Å². The molecule has 1 aliphatic heterocycles. The summed E-state index contributed by atoms with van der Waals surface area (Å²) >= 11 is 5.94. The van der Waals surface area contributed by atoms with Crippen molar-refractivity contribution < 1.29 is 5.11 Å². The Kier molecular flexibility index (Phi) is 5.85. The first-order chi connectivity index (χ1) is 9.60. The molecule has 0 aliphatic carbocycles. The van der Waals surface area contributed by atoms with Crippen LogP contribution in [0.25, 0.3) is 0 Å². The Labute approximate surface area is 126 Å². The molecule has 0 radical (unpaired) electrons. The summed E-state index contributed by atoms with van der Waals surface area (Å²) in [6.07, 6.45) is 1.84. The summed E-state index contributed by atoms with van der Waals surface area (Å²) in [7, 11) is 2.00. The lowest BCUT2D eigenvalue weighted by atomic mass is 9.96. The van der Waals surface area contributed by atoms with E-state index in [0.29, 0.717) is 12.0 Å². The molecule has 4 heteroatoms. The van der Waals surface area contributed by atoms with Gasteiger partial charge in [0.05, 0.1) is 6.10 Å². The molecule has 3 nitrogen and oxygen atoms in total. The van der Waals surface area contributed by atoms with Gasteiger partial charge >= 0.3 is 0 Å². The number of rotatable bonds is 5. The van der Waals surface area contributed by atoms with E-state index in [4.69, 9.17) is 11.6 Å². The molecule has 1 heterocycles. The molecule has 20 heavy (non-hydrogen) atoms. The molecule has 0 saturated carbocycles. The highest BCUT2D eigenvalue weighted by Crippen LogP contribution is 2.21. The summed E-state index contributed by atoms with van der Waals surface area (Å²) in [5.74, 6) is 0.382. The first-order valence-corrected chi connectivity index (χ1v) is 7.81. The number of hydrogen-bond acceptors (Lipinski definition) is 3. The van der Waals surface area contributed by atoms with Crippen molar-refractivity contribution in [2.24, 2.45) is 5.92 Å². The summed E-state index contributed by atoms with van der Waals surface area (Å²) < 4.78 is 0. The molecule has 2 N–H and O–H groups in total. The summed E-state index contributed by atoms with van der Waals surface area (Å²) in [4.78, 5) is 2.46. The fraction of sp³-hybridized carbons (Fsp3) is 0.625. The van der Waals surface area contributed by atoms with Crippen molar-refractivity contribution in [3.05, 3.63) is 34.9 Å². The third-order valence-corrected chi connectivity index (χ3v) is 4.55. The topological polar surface area (TPSA) is 35.5 Å². The molecule has 1 aromatic rings. The van der Waals surface area contributed by atoms with Crippen LogP contribution < -0.4 is 5.32 Å². The quantitative estimate of drug-likeness (QED) is 0.877. The second-order valence-electron chi connectivity index (χ2n) is 5.82. The van der Waals surface area contributed by atoms with E-state index in [2.05, 4.69) is 29.3 Å². The third-order valence-electron chi connectivity index (χ3n) is 4.30. The first-order valence-electron chi connectivity index (χ1n) is 7.43. The Morgan fingerprint density at radius 1 is 1.40 bits per heavy atom. The van der Waals surface area contributed by atoms with E-state index in [1.807, 2.05) is 19.2 Å². The number of hydrogen-bond donors (Lipinski definition) is 2. The lowest BCUT2D eigenvalue weighted by molar-refractivity contribution is 0.0338. The molecule has 2 rings (SSSR count). The standard InChI is InChI=1S/C16H25ClN2O/c1-12-11-19(10-8-16(12)20)9-7-15(18-2)13-3-5-14(17)6-4-13/h3-6,12,15-16,18,20H,7-11H2,1-2H3. The van der Waals surface area contributed by atoms with Gasteiger partial charge in [-0.05, 0) is 50.0 Å². The molecule has 3 unspecified atom stereocenters. The number of aliphatic hydroxyl groups is 1. The highest BCUT2D eigenvalue weighted by Gasteiger charge is 2.24. The molecule has 1 fully saturated rings. The van der Waals surface area contributed by atoms with Crippen LogP contribution in [0.1, 0.15) is 31.4 Å². The van der Waals surface area contributed by atoms with Crippen LogP contribution in [0, 0.1) is 5.92 Å². The molecule has 1 saturated heterocycles. The van der Waals surface area contributed by atoms with Gasteiger partial charge in [0.15, 0.2) is 0 Å². The normalized spacial score (nSPS) is 25.6. The van der Waals surface area contributed by atoms with Crippen molar-refractivity contribution in [1.82, 2.24) is 10.2 Å². The van der Waals surface area contributed by atoms with Crippen LogP contribution in [-0.2, 0) is 0 Å². The predicted octanol–water partition coefficient (Wildman–Crippen LogP) is 2.69. The van der Waals surface area contributed by atoms with Crippen LogP contribution in [0.4, 0.5) is 0 Å². The van der Waals surface area contributed by atoms with E-state index in [9.17, 15) is 5.11 Å². The Balaban J connectivity index is 1.86. The zero-order valence-electron chi connectivity index (χ0n) is 12.3. The molecular weight excluding hydrogens is 272 g/mol. The summed E-state index contributed by atoms with van der Waals surface area (Å²) in [5, 5.41) is 13.9. The second kappa shape index (κ2) is 7.41. The number of benzene rings is 1. The molecular formula is C16H25ClN2O. The highest BCUT2D eigenvalue weighted by molar-refractivity contribution is 6.30. The van der Waals surface area contributed by atoms with Gasteiger partial charge in [-0.1, -0.05) is 30.7 Å². The van der Waals surface area contributed by atoms with Crippen LogP contribution in [0.5, 0.6) is 0 Å². The van der Waals surface area contributed by atoms with Crippen LogP contribution in [0.15, 0.2) is 24.3 Å². The summed E-state index contributed by atoms with van der Waals surface area (Å²) in [5.41, 5.74) is 1.28. The number of piperidine rings is 1. The number of nitrogens with zero attached hydrogens (tertiary/aromatic N) is 1. The molecule has 1 aliphatic rings. The van der Waals surface area contributed by atoms with Crippen molar-refractivity contribution >= 4 is 11.6 Å². The molecule has 0 aromatic heterocycles. The minimum atomic E-state index is -0.123. The Bertz CT molecular complexity index is 409. The number of aliphatic hydroxyl groups excluding tert-OH is 1. The maximum absolute atomic E-state index is 9.77. The average molecular weight is 297 g/mol. The van der Waals surface area contributed by atoms with E-state index < -0.39 is 0 Å². The van der Waals surface area contributed by atoms with Crippen molar-refractivity contribution in [2.75, 3.05) is 26.7 Å². The van der Waals surface area contributed by atoms with Gasteiger partial charge in [0, 0.05) is 24.2 Å². The van der Waals surface area contributed by atoms with E-state index in [0.717, 1.165) is 37.5 Å². The lowest BCUT2D eigenvalue weighted by Crippen LogP contribution is -2.42. The molecule has 0 bridgehead atoms. The molecule has 0 spiro atoms. The van der Waals surface area contributed by atoms with E-state index in [1.165, 1.54) is 5.56 Å². The zero-order valence-corrected chi connectivity index (χ0v) is 13.1. The highest BCUT2D eigenvalue weighted by atomic mass is 35.5. The summed E-state index contributed by atoms with van der Waals surface area (Å²) in [6, 6.07) is 8.42. The zero-order chi connectivity index (χ0) is 14.5. The van der Waals surface area contributed by atoms with Gasteiger partial charge in [-0.25, -0.2) is 0 Å². The van der Waals surface area contributed by atoms with E-state index >= 15 is 0 Å². The van der Waals surface area contributed by atoms with Gasteiger partial charge in [0.1, 0.15) is 0 Å². The molecule has 0 amide bonds. The minimum Gasteiger partial charge on any atom is -0.393 e. The van der Waals surface area contributed by atoms with Gasteiger partial charge in [-0.15, -0.1) is 0 Å². The van der Waals surface area contributed by atoms with Gasteiger partial charge in [0.25, 0.3) is 0 Å². The van der Waals surface area contributed by atoms with Crippen molar-refractivity contribution in [2.45, 2.75) is 31.9 Å². The predicted molar refractivity (Wildman–Crippen MR) is 84.1 cm³/mol. The van der Waals surface area contributed by atoms with Gasteiger partial charge in [-0.3, -0.25) is 0 Å². The average Bonchev–Trinajstić information content (AvgIpc) is 2.45. The summed E-state index contributed by atoms with van der Waals surface area (Å²) in [6.45, 7) is 5.19. The molecule has 3 atom stereocenters. The van der Waals surface area contributed by atoms with Crippen molar-refractivity contribution in [3.8, 4) is 0 Å². The fourth-order valence-corrected chi connectivity index (χ4v) is 3.03. The Morgan fingerprint density at radius 2 is 2.10 bits per heavy atom. The lowest BCUT2D eigenvalue weighted by Gasteiger charge is -2.35. The van der Waals surface area contributed by atoms with Gasteiger partial charge < -0.3 is 15.3 Å². The molecule has 112 valence electrons. The smallest absolute Gasteiger partial charge is 0.0590 e. The van der Waals surface area contributed by atoms with Gasteiger partial charge in [0.2, 0.25) is 0 Å². The van der Waals surface area contributed by atoms with E-state index in [1.54, 1.807) is 0 Å². The van der Waals surface area contributed by atoms with E-state index in [-0.39, 0.29) is 6.10 Å². The van der Waals surface area contributed by atoms with Crippen molar-refractivity contribution in [3.63, 3.8) is 0 Å². The molecule has 1 aromatic carbocycles. The second-order valence-corrected chi connectivity index (χ2v) is 6.25. The van der Waals surface area contributed by atoms with Crippen molar-refractivity contribution in [1.29, 1.82) is 0 Å². The number of nitrogens with one attached hydrogen (secondary N) is 1. The maximum Gasteiger partial charge on any atom is 0.0590 e. The third kappa shape index (κ3) is 4.19. The largest absolute Gasteiger partial charge is 0.393 e. The maximum atomic E-state index is 9.77. The van der Waals surface area contributed by atoms with Gasteiger partial charge in [-0.2, -0.15) is 0 Å².